The maximum Gasteiger partial charge on any atom is 0.335 e. The minimum atomic E-state index is -2.45. The number of carboxylic acid groups (broad SMARTS) is 1. The van der Waals surface area contributed by atoms with Gasteiger partial charge in [0.05, 0.1) is 28.2 Å². The van der Waals surface area contributed by atoms with Crippen molar-refractivity contribution in [2.45, 2.75) is 26.2 Å². The van der Waals surface area contributed by atoms with Gasteiger partial charge in [0.2, 0.25) is 0 Å². The second kappa shape index (κ2) is 9.49. The monoisotopic (exact) mass is 408 g/mol. The van der Waals surface area contributed by atoms with Gasteiger partial charge < -0.3 is 9.66 Å². The number of carboxylic acids is 1. The van der Waals surface area contributed by atoms with Gasteiger partial charge in [-0.15, -0.1) is 0 Å². The second-order valence-corrected chi connectivity index (χ2v) is 7.63. The Bertz CT molecular complexity index is 1020. The highest BCUT2D eigenvalue weighted by Gasteiger charge is 2.14. The fourth-order valence-corrected chi connectivity index (χ4v) is 3.88. The summed E-state index contributed by atoms with van der Waals surface area (Å²) in [5.41, 5.74) is 4.42. The van der Waals surface area contributed by atoms with Gasteiger partial charge in [-0.3, -0.25) is 8.51 Å². The van der Waals surface area contributed by atoms with E-state index in [0.29, 0.717) is 24.2 Å². The van der Waals surface area contributed by atoms with E-state index in [1.54, 1.807) is 36.4 Å². The molecule has 1 atom stereocenters. The lowest BCUT2D eigenvalue weighted by atomic mass is 10.0. The molecule has 0 spiro atoms. The second-order valence-electron chi connectivity index (χ2n) is 6.83. The summed E-state index contributed by atoms with van der Waals surface area (Å²) in [5, 5.41) is 9.12. The zero-order valence-corrected chi connectivity index (χ0v) is 16.9. The number of anilines is 2. The SMILES string of the molecule is Cc1ccc(N(c2ccccc2CCCc2cccc(C(=O)O)c2)S(=O)[O-])cc1. The lowest BCUT2D eigenvalue weighted by Crippen LogP contribution is -2.20. The van der Waals surface area contributed by atoms with Gasteiger partial charge in [0.15, 0.2) is 0 Å². The molecule has 6 heteroatoms. The van der Waals surface area contributed by atoms with Gasteiger partial charge in [0.25, 0.3) is 0 Å². The molecule has 0 saturated carbocycles. The first-order valence-corrected chi connectivity index (χ1v) is 10.3. The highest BCUT2D eigenvalue weighted by atomic mass is 32.2. The van der Waals surface area contributed by atoms with Crippen LogP contribution in [-0.2, 0) is 24.1 Å². The highest BCUT2D eigenvalue weighted by molar-refractivity contribution is 7.81. The molecule has 0 aromatic heterocycles. The smallest absolute Gasteiger partial charge is 0.335 e. The van der Waals surface area contributed by atoms with Crippen molar-refractivity contribution in [1.29, 1.82) is 0 Å². The first-order chi connectivity index (χ1) is 14.0. The lowest BCUT2D eigenvalue weighted by Gasteiger charge is -2.28. The van der Waals surface area contributed by atoms with Crippen molar-refractivity contribution in [3.8, 4) is 0 Å². The lowest BCUT2D eigenvalue weighted by molar-refractivity contribution is 0.0696. The molecule has 3 aromatic carbocycles. The highest BCUT2D eigenvalue weighted by Crippen LogP contribution is 2.31. The van der Waals surface area contributed by atoms with Crippen LogP contribution < -0.4 is 4.31 Å². The van der Waals surface area contributed by atoms with Crippen LogP contribution in [0.5, 0.6) is 0 Å². The fraction of sp³-hybridized carbons (Fsp3) is 0.174. The summed E-state index contributed by atoms with van der Waals surface area (Å²) in [5.74, 6) is -0.941. The van der Waals surface area contributed by atoms with Crippen LogP contribution in [0.15, 0.2) is 72.8 Å². The van der Waals surface area contributed by atoms with Crippen LogP contribution in [0, 0.1) is 6.92 Å². The summed E-state index contributed by atoms with van der Waals surface area (Å²) >= 11 is -2.45. The third-order valence-electron chi connectivity index (χ3n) is 4.71. The number of aryl methyl sites for hydroxylation is 3. The molecule has 3 aromatic rings. The molecule has 0 aliphatic carbocycles. The molecule has 3 rings (SSSR count). The molecular weight excluding hydrogens is 386 g/mol. The van der Waals surface area contributed by atoms with E-state index in [0.717, 1.165) is 23.1 Å². The van der Waals surface area contributed by atoms with E-state index < -0.39 is 17.2 Å². The number of benzene rings is 3. The largest absolute Gasteiger partial charge is 0.755 e. The predicted octanol–water partition coefficient (Wildman–Crippen LogP) is 4.80. The molecule has 29 heavy (non-hydrogen) atoms. The van der Waals surface area contributed by atoms with Crippen molar-refractivity contribution in [2.75, 3.05) is 4.31 Å². The zero-order chi connectivity index (χ0) is 20.8. The number of hydrogen-bond donors (Lipinski definition) is 1. The van der Waals surface area contributed by atoms with Crippen LogP contribution in [0.25, 0.3) is 0 Å². The van der Waals surface area contributed by atoms with Crippen molar-refractivity contribution in [1.82, 2.24) is 0 Å². The zero-order valence-electron chi connectivity index (χ0n) is 16.1. The van der Waals surface area contributed by atoms with Crippen molar-refractivity contribution < 1.29 is 18.7 Å². The molecule has 0 amide bonds. The Labute approximate surface area is 173 Å². The average Bonchev–Trinajstić information content (AvgIpc) is 2.71. The van der Waals surface area contributed by atoms with Crippen molar-refractivity contribution >= 4 is 28.6 Å². The standard InChI is InChI=1S/C23H23NO4S/c1-17-12-14-21(15-13-17)24(29(27)28)22-11-3-2-8-19(22)9-4-6-18-7-5-10-20(16-18)23(25)26/h2-3,5,7-8,10-16H,4,6,9H2,1H3,(H,25,26)(H,27,28)/p-1. The number of aromatic carboxylic acids is 1. The Morgan fingerprint density at radius 3 is 2.41 bits per heavy atom. The third-order valence-corrected chi connectivity index (χ3v) is 5.42. The van der Waals surface area contributed by atoms with Crippen molar-refractivity contribution in [2.24, 2.45) is 0 Å². The minimum absolute atomic E-state index is 0.273. The molecule has 0 aliphatic heterocycles. The molecular formula is C23H22NO4S-. The van der Waals surface area contributed by atoms with Crippen LogP contribution >= 0.6 is 0 Å². The van der Waals surface area contributed by atoms with E-state index in [1.165, 1.54) is 4.31 Å². The number of hydrogen-bond acceptors (Lipinski definition) is 3. The maximum atomic E-state index is 12.0. The van der Waals surface area contributed by atoms with Gasteiger partial charge >= 0.3 is 5.97 Å². The predicted molar refractivity (Wildman–Crippen MR) is 114 cm³/mol. The molecule has 1 unspecified atom stereocenters. The van der Waals surface area contributed by atoms with Gasteiger partial charge in [-0.1, -0.05) is 48.0 Å². The molecule has 0 bridgehead atoms. The number of nitrogens with zero attached hydrogens (tertiary/aromatic N) is 1. The Hall–Kier alpha value is -2.96. The number of para-hydroxylation sites is 1. The van der Waals surface area contributed by atoms with Crippen LogP contribution in [0.3, 0.4) is 0 Å². The van der Waals surface area contributed by atoms with Gasteiger partial charge in [-0.2, -0.15) is 0 Å². The molecule has 0 fully saturated rings. The van der Waals surface area contributed by atoms with Gasteiger partial charge in [0, 0.05) is 0 Å². The topological polar surface area (TPSA) is 80.7 Å². The van der Waals surface area contributed by atoms with Crippen LogP contribution in [0.4, 0.5) is 11.4 Å². The Morgan fingerprint density at radius 1 is 1.00 bits per heavy atom. The normalized spacial score (nSPS) is 11.8. The molecule has 5 nitrogen and oxygen atoms in total. The Morgan fingerprint density at radius 2 is 1.72 bits per heavy atom. The third kappa shape index (κ3) is 5.31. The average molecular weight is 408 g/mol. The molecule has 1 N–H and O–H groups in total. The maximum absolute atomic E-state index is 12.0. The van der Waals surface area contributed by atoms with Gasteiger partial charge in [0.1, 0.15) is 0 Å². The summed E-state index contributed by atoms with van der Waals surface area (Å²) < 4.78 is 25.3. The Kier molecular flexibility index (Phi) is 6.80. The van der Waals surface area contributed by atoms with E-state index in [9.17, 15) is 13.6 Å². The summed E-state index contributed by atoms with van der Waals surface area (Å²) in [6.45, 7) is 1.95. The summed E-state index contributed by atoms with van der Waals surface area (Å²) in [6.07, 6.45) is 2.15. The number of carbonyl (C=O) groups is 1. The minimum Gasteiger partial charge on any atom is -0.755 e. The van der Waals surface area contributed by atoms with Crippen molar-refractivity contribution in [3.05, 3.63) is 95.1 Å². The number of rotatable bonds is 8. The van der Waals surface area contributed by atoms with Crippen LogP contribution in [-0.4, -0.2) is 19.8 Å². The van der Waals surface area contributed by atoms with E-state index in [1.807, 2.05) is 43.3 Å². The first kappa shape index (κ1) is 20.8. The van der Waals surface area contributed by atoms with Gasteiger partial charge in [-0.25, -0.2) is 4.79 Å². The summed E-state index contributed by atoms with van der Waals surface area (Å²) in [6, 6.07) is 21.7. The first-order valence-electron chi connectivity index (χ1n) is 9.32. The van der Waals surface area contributed by atoms with Crippen LogP contribution in [0.1, 0.15) is 33.5 Å². The van der Waals surface area contributed by atoms with E-state index in [2.05, 4.69) is 0 Å². The summed E-state index contributed by atoms with van der Waals surface area (Å²) in [7, 11) is 0. The fourth-order valence-electron chi connectivity index (χ4n) is 3.25. The quantitative estimate of drug-likeness (QED) is 0.543. The van der Waals surface area contributed by atoms with Crippen LogP contribution in [0.2, 0.25) is 0 Å². The van der Waals surface area contributed by atoms with Gasteiger partial charge in [-0.05, 0) is 67.6 Å². The molecule has 0 heterocycles. The van der Waals surface area contributed by atoms with Crippen molar-refractivity contribution in [3.63, 3.8) is 0 Å². The Balaban J connectivity index is 1.79. The van der Waals surface area contributed by atoms with E-state index >= 15 is 0 Å². The summed E-state index contributed by atoms with van der Waals surface area (Å²) in [4.78, 5) is 11.1. The molecule has 0 saturated heterocycles. The molecule has 150 valence electrons. The van der Waals surface area contributed by atoms with E-state index in [4.69, 9.17) is 5.11 Å². The van der Waals surface area contributed by atoms with E-state index in [-0.39, 0.29) is 5.56 Å². The molecule has 0 aliphatic rings. The molecule has 0 radical (unpaired) electrons.